The van der Waals surface area contributed by atoms with Gasteiger partial charge in [0, 0.05) is 37.9 Å². The van der Waals surface area contributed by atoms with Gasteiger partial charge in [0.15, 0.2) is 5.78 Å². The molecule has 1 aliphatic heterocycles. The van der Waals surface area contributed by atoms with E-state index in [0.29, 0.717) is 17.5 Å². The van der Waals surface area contributed by atoms with E-state index in [-0.39, 0.29) is 5.25 Å². The first-order chi connectivity index (χ1) is 7.66. The van der Waals surface area contributed by atoms with Crippen molar-refractivity contribution < 1.29 is 4.79 Å². The van der Waals surface area contributed by atoms with Crippen molar-refractivity contribution in [2.45, 2.75) is 23.8 Å². The number of carbonyl (C=O) groups is 1. The normalized spacial score (nSPS) is 25.6. The second kappa shape index (κ2) is 5.94. The molecule has 0 spiro atoms. The molecule has 16 heavy (non-hydrogen) atoms. The van der Waals surface area contributed by atoms with Crippen LogP contribution in [0.25, 0.3) is 0 Å². The van der Waals surface area contributed by atoms with Crippen molar-refractivity contribution in [1.29, 1.82) is 0 Å². The Labute approximate surface area is 117 Å². The summed E-state index contributed by atoms with van der Waals surface area (Å²) in [6.07, 6.45) is 0.596. The first kappa shape index (κ1) is 13.0. The summed E-state index contributed by atoms with van der Waals surface area (Å²) in [7, 11) is 0. The molecule has 0 aliphatic carbocycles. The van der Waals surface area contributed by atoms with Gasteiger partial charge in [-0.3, -0.25) is 4.79 Å². The average molecular weight is 337 g/mol. The van der Waals surface area contributed by atoms with Crippen molar-refractivity contribution >= 4 is 56.6 Å². The summed E-state index contributed by atoms with van der Waals surface area (Å²) in [5.74, 6) is 2.68. The molecule has 2 rings (SSSR count). The molecule has 88 valence electrons. The summed E-state index contributed by atoms with van der Waals surface area (Å²) >= 11 is 8.83. The molecule has 2 unspecified atom stereocenters. The van der Waals surface area contributed by atoms with E-state index in [9.17, 15) is 4.79 Å². The molecule has 0 N–H and O–H groups in total. The summed E-state index contributed by atoms with van der Waals surface area (Å²) in [4.78, 5) is 13.3. The highest BCUT2D eigenvalue weighted by Crippen LogP contribution is 2.32. The van der Waals surface area contributed by atoms with Gasteiger partial charge in [0.05, 0.1) is 5.25 Å². The predicted molar refractivity (Wildman–Crippen MR) is 78.9 cm³/mol. The Bertz CT molecular complexity index is 377. The zero-order valence-corrected chi connectivity index (χ0v) is 13.0. The van der Waals surface area contributed by atoms with E-state index in [1.807, 2.05) is 35.0 Å². The third-order valence-corrected chi connectivity index (χ3v) is 7.31. The van der Waals surface area contributed by atoms with Crippen LogP contribution >= 0.6 is 50.8 Å². The number of ketones is 1. The lowest BCUT2D eigenvalue weighted by atomic mass is 10.1. The third-order valence-electron chi connectivity index (χ3n) is 2.48. The molecule has 1 aliphatic rings. The maximum atomic E-state index is 12.1. The average Bonchev–Trinajstić information content (AvgIpc) is 2.64. The fourth-order valence-electron chi connectivity index (χ4n) is 1.71. The van der Waals surface area contributed by atoms with Gasteiger partial charge in [-0.2, -0.15) is 11.8 Å². The molecule has 2 heterocycles. The fraction of sp³-hybridized carbons (Fsp3) is 0.545. The number of carbonyl (C=O) groups excluding carboxylic acids is 1. The fourth-order valence-corrected chi connectivity index (χ4v) is 5.90. The van der Waals surface area contributed by atoms with Gasteiger partial charge in [0.25, 0.3) is 0 Å². The minimum absolute atomic E-state index is 0.194. The molecule has 0 saturated carbocycles. The highest BCUT2D eigenvalue weighted by Gasteiger charge is 2.28. The number of Topliss-reactive ketones (excluding diaryl/α,β-unsaturated/α-hetero) is 1. The number of halogens is 1. The largest absolute Gasteiger partial charge is 0.298 e. The van der Waals surface area contributed by atoms with E-state index in [1.54, 1.807) is 11.3 Å². The van der Waals surface area contributed by atoms with Crippen LogP contribution in [0.4, 0.5) is 0 Å². The van der Waals surface area contributed by atoms with Crippen LogP contribution in [0.2, 0.25) is 0 Å². The van der Waals surface area contributed by atoms with Crippen molar-refractivity contribution in [3.05, 3.63) is 20.8 Å². The van der Waals surface area contributed by atoms with Gasteiger partial charge in [-0.1, -0.05) is 6.92 Å². The Morgan fingerprint density at radius 1 is 1.50 bits per heavy atom. The first-order valence-corrected chi connectivity index (χ1v) is 8.92. The number of rotatable bonds is 3. The van der Waals surface area contributed by atoms with E-state index in [1.165, 1.54) is 10.6 Å². The molecule has 0 amide bonds. The standard InChI is InChI=1S/C11H13BrOS3/c1-7-11(15-3-2-14-7)10(13)5-9-4-8(12)6-16-9/h4,6-7,11H,2-3,5H2,1H3. The summed E-state index contributed by atoms with van der Waals surface area (Å²) in [5, 5.41) is 2.70. The number of hydrogen-bond donors (Lipinski definition) is 0. The maximum Gasteiger partial charge on any atom is 0.152 e. The van der Waals surface area contributed by atoms with Crippen LogP contribution < -0.4 is 0 Å². The van der Waals surface area contributed by atoms with Crippen LogP contribution in [0.5, 0.6) is 0 Å². The molecule has 0 bridgehead atoms. The molecule has 1 nitrogen and oxygen atoms in total. The molecule has 0 aromatic carbocycles. The quantitative estimate of drug-likeness (QED) is 0.834. The van der Waals surface area contributed by atoms with E-state index in [2.05, 4.69) is 22.9 Å². The van der Waals surface area contributed by atoms with Gasteiger partial charge < -0.3 is 0 Å². The molecule has 5 heteroatoms. The summed E-state index contributed by atoms with van der Waals surface area (Å²) in [6.45, 7) is 2.17. The number of hydrogen-bond acceptors (Lipinski definition) is 4. The number of thiophene rings is 1. The van der Waals surface area contributed by atoms with E-state index >= 15 is 0 Å². The smallest absolute Gasteiger partial charge is 0.152 e. The maximum absolute atomic E-state index is 12.1. The molecule has 0 radical (unpaired) electrons. The lowest BCUT2D eigenvalue weighted by Gasteiger charge is -2.26. The highest BCUT2D eigenvalue weighted by molar-refractivity contribution is 9.10. The zero-order chi connectivity index (χ0) is 11.5. The van der Waals surface area contributed by atoms with Crippen LogP contribution in [0.15, 0.2) is 15.9 Å². The third kappa shape index (κ3) is 3.28. The van der Waals surface area contributed by atoms with Crippen molar-refractivity contribution in [3.8, 4) is 0 Å². The Kier molecular flexibility index (Phi) is 4.82. The van der Waals surface area contributed by atoms with Crippen LogP contribution in [-0.2, 0) is 11.2 Å². The molecule has 1 saturated heterocycles. The first-order valence-electron chi connectivity index (χ1n) is 5.15. The van der Waals surface area contributed by atoms with E-state index < -0.39 is 0 Å². The topological polar surface area (TPSA) is 17.1 Å². The second-order valence-corrected chi connectivity index (χ2v) is 8.39. The Hall–Kier alpha value is 0.550. The lowest BCUT2D eigenvalue weighted by Crippen LogP contribution is -2.32. The van der Waals surface area contributed by atoms with Gasteiger partial charge in [-0.15, -0.1) is 23.1 Å². The van der Waals surface area contributed by atoms with Crippen molar-refractivity contribution in [1.82, 2.24) is 0 Å². The Morgan fingerprint density at radius 3 is 2.88 bits per heavy atom. The minimum atomic E-state index is 0.194. The van der Waals surface area contributed by atoms with Crippen molar-refractivity contribution in [2.75, 3.05) is 11.5 Å². The number of thioether (sulfide) groups is 2. The second-order valence-electron chi connectivity index (χ2n) is 3.74. The van der Waals surface area contributed by atoms with Crippen LogP contribution in [-0.4, -0.2) is 27.8 Å². The zero-order valence-electron chi connectivity index (χ0n) is 8.94. The van der Waals surface area contributed by atoms with Gasteiger partial charge in [0.1, 0.15) is 0 Å². The van der Waals surface area contributed by atoms with Crippen LogP contribution in [0.1, 0.15) is 11.8 Å². The monoisotopic (exact) mass is 336 g/mol. The van der Waals surface area contributed by atoms with Crippen LogP contribution in [0, 0.1) is 0 Å². The Balaban J connectivity index is 1.96. The molecule has 2 atom stereocenters. The lowest BCUT2D eigenvalue weighted by molar-refractivity contribution is -0.117. The van der Waals surface area contributed by atoms with E-state index in [4.69, 9.17) is 0 Å². The molecule has 1 fully saturated rings. The van der Waals surface area contributed by atoms with E-state index in [0.717, 1.165) is 10.2 Å². The van der Waals surface area contributed by atoms with Gasteiger partial charge in [0.2, 0.25) is 0 Å². The summed E-state index contributed by atoms with van der Waals surface area (Å²) in [5.41, 5.74) is 0. The minimum Gasteiger partial charge on any atom is -0.298 e. The Morgan fingerprint density at radius 2 is 2.25 bits per heavy atom. The summed E-state index contributed by atoms with van der Waals surface area (Å²) in [6, 6.07) is 2.05. The van der Waals surface area contributed by atoms with Gasteiger partial charge >= 0.3 is 0 Å². The summed E-state index contributed by atoms with van der Waals surface area (Å²) < 4.78 is 1.08. The van der Waals surface area contributed by atoms with Crippen molar-refractivity contribution in [3.63, 3.8) is 0 Å². The SMILES string of the molecule is CC1SCCSC1C(=O)Cc1cc(Br)cs1. The molecule has 1 aromatic rings. The van der Waals surface area contributed by atoms with Gasteiger partial charge in [-0.05, 0) is 22.0 Å². The van der Waals surface area contributed by atoms with Crippen LogP contribution in [0.3, 0.4) is 0 Å². The molecular weight excluding hydrogens is 324 g/mol. The molecular formula is C11H13BrOS3. The highest BCUT2D eigenvalue weighted by atomic mass is 79.9. The van der Waals surface area contributed by atoms with Crippen molar-refractivity contribution in [2.24, 2.45) is 0 Å². The van der Waals surface area contributed by atoms with Gasteiger partial charge in [-0.25, -0.2) is 0 Å². The predicted octanol–water partition coefficient (Wildman–Crippen LogP) is 3.86. The molecule has 1 aromatic heterocycles.